The summed E-state index contributed by atoms with van der Waals surface area (Å²) in [7, 11) is 0. The van der Waals surface area contributed by atoms with Crippen molar-refractivity contribution in [2.24, 2.45) is 0 Å². The smallest absolute Gasteiger partial charge is 0.305 e. The molecule has 1 fully saturated rings. The summed E-state index contributed by atoms with van der Waals surface area (Å²) in [6.45, 7) is 15.2. The zero-order valence-electron chi connectivity index (χ0n) is 29.1. The SMILES string of the molecule is CCCCCC(=O)OCCOCCOCCOCCOCCOCCOCCOCCOCCOCCOCCOC1CCNCC1. The van der Waals surface area contributed by atoms with E-state index in [9.17, 15) is 4.79 Å². The van der Waals surface area contributed by atoms with Crippen molar-refractivity contribution in [2.75, 3.05) is 158 Å². The Morgan fingerprint density at radius 1 is 0.468 bits per heavy atom. The Kier molecular flexibility index (Phi) is 35.4. The highest BCUT2D eigenvalue weighted by atomic mass is 16.6. The van der Waals surface area contributed by atoms with Crippen LogP contribution in [0.1, 0.15) is 45.4 Å². The number of piperidine rings is 1. The first-order valence-electron chi connectivity index (χ1n) is 17.6. The molecule has 14 heteroatoms. The molecule has 0 radical (unpaired) electrons. The molecule has 1 heterocycles. The maximum Gasteiger partial charge on any atom is 0.305 e. The molecule has 1 saturated heterocycles. The van der Waals surface area contributed by atoms with E-state index in [1.54, 1.807) is 0 Å². The number of hydrogen-bond acceptors (Lipinski definition) is 14. The summed E-state index contributed by atoms with van der Waals surface area (Å²) in [5.41, 5.74) is 0. The van der Waals surface area contributed by atoms with Gasteiger partial charge in [-0.05, 0) is 32.4 Å². The van der Waals surface area contributed by atoms with Crippen molar-refractivity contribution in [3.8, 4) is 0 Å². The van der Waals surface area contributed by atoms with Gasteiger partial charge in [-0.2, -0.15) is 0 Å². The van der Waals surface area contributed by atoms with Gasteiger partial charge in [-0.15, -0.1) is 0 Å². The standard InChI is InChI=1S/C33H65NO13/c1-2-3-4-5-33(35)47-31-29-45-27-25-43-23-21-41-19-17-39-15-13-37-11-10-36-12-14-38-16-18-40-20-22-42-24-26-44-28-30-46-32-6-8-34-9-7-32/h32,34H,2-31H2,1H3. The molecule has 1 rings (SSSR count). The first kappa shape index (κ1) is 44.0. The number of unbranched alkanes of at least 4 members (excludes halogenated alkanes) is 2. The van der Waals surface area contributed by atoms with Gasteiger partial charge in [0.2, 0.25) is 0 Å². The van der Waals surface area contributed by atoms with Gasteiger partial charge in [0.05, 0.1) is 145 Å². The first-order valence-corrected chi connectivity index (χ1v) is 17.6. The van der Waals surface area contributed by atoms with Crippen LogP contribution in [0.15, 0.2) is 0 Å². The molecule has 14 nitrogen and oxygen atoms in total. The third-order valence-corrected chi connectivity index (χ3v) is 6.69. The maximum atomic E-state index is 11.5. The summed E-state index contributed by atoms with van der Waals surface area (Å²) in [6, 6.07) is 0. The molecule has 280 valence electrons. The average molecular weight is 684 g/mol. The molecule has 1 N–H and O–H groups in total. The van der Waals surface area contributed by atoms with E-state index in [0.29, 0.717) is 151 Å². The van der Waals surface area contributed by atoms with Gasteiger partial charge in [0.1, 0.15) is 6.61 Å². The van der Waals surface area contributed by atoms with Gasteiger partial charge in [0, 0.05) is 6.42 Å². The molecule has 0 aliphatic carbocycles. The Morgan fingerprint density at radius 3 is 1.13 bits per heavy atom. The van der Waals surface area contributed by atoms with E-state index in [1.165, 1.54) is 0 Å². The maximum absolute atomic E-state index is 11.5. The molecular weight excluding hydrogens is 618 g/mol. The summed E-state index contributed by atoms with van der Waals surface area (Å²) in [6.07, 6.45) is 6.02. The fourth-order valence-corrected chi connectivity index (χ4v) is 4.12. The van der Waals surface area contributed by atoms with E-state index < -0.39 is 0 Å². The Bertz CT molecular complexity index is 629. The highest BCUT2D eigenvalue weighted by Crippen LogP contribution is 2.06. The summed E-state index contributed by atoms with van der Waals surface area (Å²) >= 11 is 0. The highest BCUT2D eigenvalue weighted by molar-refractivity contribution is 5.69. The van der Waals surface area contributed by atoms with Crippen molar-refractivity contribution >= 4 is 5.97 Å². The number of esters is 1. The molecule has 0 atom stereocenters. The van der Waals surface area contributed by atoms with Crippen LogP contribution in [0.3, 0.4) is 0 Å². The molecule has 0 aromatic carbocycles. The van der Waals surface area contributed by atoms with Crippen LogP contribution in [-0.2, 0) is 61.6 Å². The Morgan fingerprint density at radius 2 is 0.787 bits per heavy atom. The van der Waals surface area contributed by atoms with Crippen LogP contribution >= 0.6 is 0 Å². The van der Waals surface area contributed by atoms with E-state index in [-0.39, 0.29) is 12.6 Å². The van der Waals surface area contributed by atoms with E-state index in [2.05, 4.69) is 12.2 Å². The van der Waals surface area contributed by atoms with E-state index in [0.717, 1.165) is 45.2 Å². The summed E-state index contributed by atoms with van der Waals surface area (Å²) < 4.78 is 65.6. The van der Waals surface area contributed by atoms with Crippen LogP contribution in [0, 0.1) is 0 Å². The number of carbonyl (C=O) groups excluding carboxylic acids is 1. The van der Waals surface area contributed by atoms with Crippen LogP contribution in [-0.4, -0.2) is 171 Å². The zero-order chi connectivity index (χ0) is 33.6. The van der Waals surface area contributed by atoms with E-state index >= 15 is 0 Å². The lowest BCUT2D eigenvalue weighted by molar-refractivity contribution is -0.145. The molecule has 0 saturated carbocycles. The predicted molar refractivity (Wildman–Crippen MR) is 175 cm³/mol. The van der Waals surface area contributed by atoms with Crippen molar-refractivity contribution in [2.45, 2.75) is 51.6 Å². The van der Waals surface area contributed by atoms with Crippen molar-refractivity contribution < 1.29 is 61.6 Å². The zero-order valence-corrected chi connectivity index (χ0v) is 29.1. The number of hydrogen-bond donors (Lipinski definition) is 1. The van der Waals surface area contributed by atoms with Crippen molar-refractivity contribution in [3.05, 3.63) is 0 Å². The minimum atomic E-state index is -0.158. The van der Waals surface area contributed by atoms with Crippen molar-refractivity contribution in [1.82, 2.24) is 5.32 Å². The first-order chi connectivity index (χ1) is 23.3. The normalized spacial score (nSPS) is 13.8. The fourth-order valence-electron chi connectivity index (χ4n) is 4.12. The second-order valence-electron chi connectivity index (χ2n) is 10.6. The summed E-state index contributed by atoms with van der Waals surface area (Å²) in [5.74, 6) is -0.158. The molecule has 0 unspecified atom stereocenters. The monoisotopic (exact) mass is 683 g/mol. The largest absolute Gasteiger partial charge is 0.463 e. The van der Waals surface area contributed by atoms with Gasteiger partial charge in [0.15, 0.2) is 0 Å². The lowest BCUT2D eigenvalue weighted by Gasteiger charge is -2.22. The number of carbonyl (C=O) groups is 1. The Balaban J connectivity index is 1.61. The molecule has 1 aliphatic heterocycles. The Hall–Kier alpha value is -1.01. The minimum Gasteiger partial charge on any atom is -0.463 e. The van der Waals surface area contributed by atoms with Gasteiger partial charge >= 0.3 is 5.97 Å². The minimum absolute atomic E-state index is 0.158. The number of nitrogens with one attached hydrogen (secondary N) is 1. The number of ether oxygens (including phenoxy) is 12. The van der Waals surface area contributed by atoms with Gasteiger partial charge in [-0.25, -0.2) is 0 Å². The third-order valence-electron chi connectivity index (χ3n) is 6.69. The van der Waals surface area contributed by atoms with Crippen LogP contribution < -0.4 is 5.32 Å². The topological polar surface area (TPSA) is 140 Å². The Labute approximate surface area is 282 Å². The van der Waals surface area contributed by atoms with E-state index in [4.69, 9.17) is 56.8 Å². The molecule has 0 amide bonds. The van der Waals surface area contributed by atoms with Crippen LogP contribution in [0.5, 0.6) is 0 Å². The predicted octanol–water partition coefficient (Wildman–Crippen LogP) is 2.04. The molecule has 47 heavy (non-hydrogen) atoms. The second kappa shape index (κ2) is 37.8. The molecule has 0 aromatic rings. The van der Waals surface area contributed by atoms with E-state index in [1.807, 2.05) is 0 Å². The lowest BCUT2D eigenvalue weighted by atomic mass is 10.1. The molecule has 0 aromatic heterocycles. The van der Waals surface area contributed by atoms with Gasteiger partial charge in [-0.1, -0.05) is 19.8 Å². The fraction of sp³-hybridized carbons (Fsp3) is 0.970. The summed E-state index contributed by atoms with van der Waals surface area (Å²) in [4.78, 5) is 11.5. The van der Waals surface area contributed by atoms with Gasteiger partial charge in [-0.3, -0.25) is 4.79 Å². The van der Waals surface area contributed by atoms with Crippen LogP contribution in [0.25, 0.3) is 0 Å². The molecular formula is C33H65NO13. The highest BCUT2D eigenvalue weighted by Gasteiger charge is 2.12. The number of rotatable bonds is 38. The van der Waals surface area contributed by atoms with Crippen molar-refractivity contribution in [3.63, 3.8) is 0 Å². The van der Waals surface area contributed by atoms with Crippen LogP contribution in [0.4, 0.5) is 0 Å². The average Bonchev–Trinajstić information content (AvgIpc) is 3.09. The van der Waals surface area contributed by atoms with Crippen LogP contribution in [0.2, 0.25) is 0 Å². The summed E-state index contributed by atoms with van der Waals surface area (Å²) in [5, 5.41) is 3.33. The second-order valence-corrected chi connectivity index (χ2v) is 10.6. The van der Waals surface area contributed by atoms with Crippen molar-refractivity contribution in [1.29, 1.82) is 0 Å². The molecule has 0 spiro atoms. The van der Waals surface area contributed by atoms with Gasteiger partial charge < -0.3 is 62.2 Å². The quantitative estimate of drug-likeness (QED) is 0.0750. The van der Waals surface area contributed by atoms with Gasteiger partial charge in [0.25, 0.3) is 0 Å². The molecule has 0 bridgehead atoms. The lowest BCUT2D eigenvalue weighted by Crippen LogP contribution is -2.33. The molecule has 1 aliphatic rings. The third kappa shape index (κ3) is 34.6.